The van der Waals surface area contributed by atoms with Crippen molar-refractivity contribution in [2.75, 3.05) is 13.1 Å². The summed E-state index contributed by atoms with van der Waals surface area (Å²) in [6.45, 7) is -0.171. The highest BCUT2D eigenvalue weighted by Gasteiger charge is 2.27. The maximum absolute atomic E-state index is 13.0. The van der Waals surface area contributed by atoms with E-state index < -0.39 is 60.2 Å². The first kappa shape index (κ1) is 48.6. The number of ether oxygens (including phenoxy) is 4. The van der Waals surface area contributed by atoms with E-state index in [1.807, 2.05) is 10.6 Å². The van der Waals surface area contributed by atoms with Gasteiger partial charge in [-0.1, -0.05) is 124 Å². The van der Waals surface area contributed by atoms with E-state index >= 15 is 0 Å². The van der Waals surface area contributed by atoms with Crippen LogP contribution in [0.4, 0.5) is 19.2 Å². The Kier molecular flexibility index (Phi) is 20.0. The van der Waals surface area contributed by atoms with Gasteiger partial charge in [0.2, 0.25) is 11.9 Å². The van der Waals surface area contributed by atoms with E-state index in [4.69, 9.17) is 29.8 Å². The second kappa shape index (κ2) is 26.3. The van der Waals surface area contributed by atoms with Crippen LogP contribution >= 0.6 is 0 Å². The third kappa shape index (κ3) is 16.8. The average Bonchev–Trinajstić information content (AvgIpc) is 3.29. The van der Waals surface area contributed by atoms with Crippen LogP contribution in [0, 0.1) is 10.8 Å². The van der Waals surface area contributed by atoms with Crippen LogP contribution in [-0.2, 0) is 18.9 Å². The Labute approximate surface area is 368 Å². The van der Waals surface area contributed by atoms with Crippen molar-refractivity contribution in [3.63, 3.8) is 0 Å². The third-order valence-electron chi connectivity index (χ3n) is 9.20. The SMILES string of the molecule is N=C(NC(=O)OC(=O)c1ccccc1)N(CCCCCCCCCCCCN(C(=N)NC(=O)OC(=O)c1ccccc1)C(=O)OC(=O)c1ccccc1)C(=O)OC(=O)c1ccccc1. The lowest BCUT2D eigenvalue weighted by molar-refractivity contribution is 0.0561. The Morgan fingerprint density at radius 3 is 0.859 bits per heavy atom. The highest BCUT2D eigenvalue weighted by molar-refractivity contribution is 6.07. The van der Waals surface area contributed by atoms with Crippen molar-refractivity contribution in [1.29, 1.82) is 10.8 Å². The zero-order valence-corrected chi connectivity index (χ0v) is 34.8. The number of carbonyl (C=O) groups is 8. The molecule has 18 heteroatoms. The number of rotatable bonds is 17. The van der Waals surface area contributed by atoms with Crippen molar-refractivity contribution in [2.45, 2.75) is 64.2 Å². The highest BCUT2D eigenvalue weighted by Crippen LogP contribution is 2.14. The lowest BCUT2D eigenvalue weighted by Crippen LogP contribution is -2.48. The van der Waals surface area contributed by atoms with Gasteiger partial charge in [-0.05, 0) is 61.4 Å². The van der Waals surface area contributed by atoms with Gasteiger partial charge in [0.15, 0.2) is 0 Å². The Morgan fingerprint density at radius 2 is 0.594 bits per heavy atom. The Morgan fingerprint density at radius 1 is 0.359 bits per heavy atom. The predicted molar refractivity (Wildman–Crippen MR) is 230 cm³/mol. The lowest BCUT2D eigenvalue weighted by atomic mass is 10.1. The molecule has 0 fully saturated rings. The van der Waals surface area contributed by atoms with Crippen LogP contribution in [0.3, 0.4) is 0 Å². The summed E-state index contributed by atoms with van der Waals surface area (Å²) in [5, 5.41) is 20.8. The fraction of sp³-hybridized carbons (Fsp3) is 0.261. The zero-order chi connectivity index (χ0) is 46.1. The van der Waals surface area contributed by atoms with E-state index in [1.54, 1.807) is 72.8 Å². The van der Waals surface area contributed by atoms with Gasteiger partial charge in [-0.25, -0.2) is 48.2 Å². The molecule has 4 N–H and O–H groups in total. The van der Waals surface area contributed by atoms with E-state index in [0.717, 1.165) is 48.3 Å². The first-order valence-electron chi connectivity index (χ1n) is 20.4. The Hall–Kier alpha value is -8.02. The molecule has 4 aromatic carbocycles. The van der Waals surface area contributed by atoms with E-state index in [-0.39, 0.29) is 35.3 Å². The van der Waals surface area contributed by atoms with E-state index in [2.05, 4.69) is 0 Å². The summed E-state index contributed by atoms with van der Waals surface area (Å²) in [5.74, 6) is -5.33. The van der Waals surface area contributed by atoms with Crippen LogP contribution in [-0.4, -0.2) is 83.1 Å². The van der Waals surface area contributed by atoms with Crippen LogP contribution in [0.15, 0.2) is 121 Å². The first-order chi connectivity index (χ1) is 30.9. The second-order valence-electron chi connectivity index (χ2n) is 13.9. The largest absolute Gasteiger partial charge is 0.424 e. The molecule has 0 aliphatic rings. The normalized spacial score (nSPS) is 10.3. The molecule has 64 heavy (non-hydrogen) atoms. The topological polar surface area (TPSA) is 252 Å². The fourth-order valence-corrected chi connectivity index (χ4v) is 5.89. The number of unbranched alkanes of at least 4 members (excludes halogenated alkanes) is 9. The average molecular weight is 877 g/mol. The molecule has 0 saturated carbocycles. The molecular formula is C46H48N6O12. The quantitative estimate of drug-likeness (QED) is 0.0195. The molecule has 0 saturated heterocycles. The zero-order valence-electron chi connectivity index (χ0n) is 34.8. The first-order valence-corrected chi connectivity index (χ1v) is 20.4. The number of hydrogen-bond acceptors (Lipinski definition) is 14. The minimum atomic E-state index is -1.30. The van der Waals surface area contributed by atoms with Gasteiger partial charge in [0.1, 0.15) is 0 Å². The number of nitrogens with zero attached hydrogens (tertiary/aromatic N) is 2. The monoisotopic (exact) mass is 876 g/mol. The van der Waals surface area contributed by atoms with Crippen LogP contribution in [0.5, 0.6) is 0 Å². The van der Waals surface area contributed by atoms with Crippen molar-refractivity contribution in [3.05, 3.63) is 144 Å². The summed E-state index contributed by atoms with van der Waals surface area (Å²) in [6.07, 6.45) is 2.06. The van der Waals surface area contributed by atoms with Crippen LogP contribution in [0.1, 0.15) is 106 Å². The molecule has 0 unspecified atom stereocenters. The number of benzene rings is 4. The van der Waals surface area contributed by atoms with Gasteiger partial charge >= 0.3 is 48.3 Å². The molecule has 0 heterocycles. The molecular weight excluding hydrogens is 829 g/mol. The molecule has 334 valence electrons. The summed E-state index contributed by atoms with van der Waals surface area (Å²) in [6, 6.07) is 30.9. The predicted octanol–water partition coefficient (Wildman–Crippen LogP) is 8.45. The Balaban J connectivity index is 1.18. The molecule has 0 aliphatic heterocycles. The van der Waals surface area contributed by atoms with Gasteiger partial charge in [0, 0.05) is 13.1 Å². The number of esters is 4. The van der Waals surface area contributed by atoms with Crippen molar-refractivity contribution in [1.82, 2.24) is 20.4 Å². The van der Waals surface area contributed by atoms with E-state index in [9.17, 15) is 38.4 Å². The molecule has 0 radical (unpaired) electrons. The molecule has 0 aliphatic carbocycles. The molecule has 0 spiro atoms. The summed E-state index contributed by atoms with van der Waals surface area (Å²) in [4.78, 5) is 102. The fourth-order valence-electron chi connectivity index (χ4n) is 5.89. The van der Waals surface area contributed by atoms with Crippen molar-refractivity contribution < 1.29 is 57.3 Å². The van der Waals surface area contributed by atoms with Gasteiger partial charge < -0.3 is 18.9 Å². The van der Waals surface area contributed by atoms with Crippen LogP contribution < -0.4 is 10.6 Å². The van der Waals surface area contributed by atoms with E-state index in [1.165, 1.54) is 48.5 Å². The lowest BCUT2D eigenvalue weighted by Gasteiger charge is -2.22. The molecule has 0 atom stereocenters. The molecule has 18 nitrogen and oxygen atoms in total. The number of hydrogen-bond donors (Lipinski definition) is 4. The van der Waals surface area contributed by atoms with Crippen molar-refractivity contribution in [2.24, 2.45) is 0 Å². The third-order valence-corrected chi connectivity index (χ3v) is 9.20. The van der Waals surface area contributed by atoms with Gasteiger partial charge in [-0.2, -0.15) is 0 Å². The van der Waals surface area contributed by atoms with Gasteiger partial charge in [-0.15, -0.1) is 0 Å². The molecule has 0 aromatic heterocycles. The molecule has 0 bridgehead atoms. The van der Waals surface area contributed by atoms with Crippen molar-refractivity contribution in [3.8, 4) is 0 Å². The number of guanidine groups is 2. The molecule has 4 amide bonds. The second-order valence-corrected chi connectivity index (χ2v) is 13.9. The molecule has 4 aromatic rings. The summed E-state index contributed by atoms with van der Waals surface area (Å²) in [7, 11) is 0. The number of alkyl carbamates (subject to hydrolysis) is 2. The van der Waals surface area contributed by atoms with Gasteiger partial charge in [-0.3, -0.25) is 21.5 Å². The van der Waals surface area contributed by atoms with Gasteiger partial charge in [0.25, 0.3) is 0 Å². The maximum atomic E-state index is 13.0. The number of nitrogens with one attached hydrogen (secondary N) is 4. The number of carbonyl (C=O) groups excluding carboxylic acids is 8. The smallest absolute Gasteiger partial charge is 0.372 e. The Bertz CT molecular complexity index is 2080. The number of amides is 4. The van der Waals surface area contributed by atoms with E-state index in [0.29, 0.717) is 25.7 Å². The summed E-state index contributed by atoms with van der Waals surface area (Å²) >= 11 is 0. The van der Waals surface area contributed by atoms with Gasteiger partial charge in [0.05, 0.1) is 22.3 Å². The molecule has 4 rings (SSSR count). The summed E-state index contributed by atoms with van der Waals surface area (Å²) in [5.41, 5.74) is 0.409. The summed E-state index contributed by atoms with van der Waals surface area (Å²) < 4.78 is 19.4. The highest BCUT2D eigenvalue weighted by atomic mass is 16.6. The maximum Gasteiger partial charge on any atom is 0.424 e. The standard InChI is InChI=1S/C46H48N6O12/c47-41(49-43(57)61-37(53)33-23-13-9-14-24-33)51(45(59)63-39(55)35-27-17-11-18-28-35)31-21-7-5-3-1-2-4-6-8-22-32-52(46(60)64-40(56)36-29-19-12-20-30-36)42(48)50-44(58)62-38(54)34-25-15-10-16-26-34/h9-20,23-30H,1-8,21-22,31-32H2,(H2,47,49,57)(H2,48,50,58). The minimum Gasteiger partial charge on any atom is -0.372 e. The van der Waals surface area contributed by atoms with Crippen LogP contribution in [0.25, 0.3) is 0 Å². The minimum absolute atomic E-state index is 0.0857. The van der Waals surface area contributed by atoms with Crippen molar-refractivity contribution >= 4 is 60.2 Å². The van der Waals surface area contributed by atoms with Crippen LogP contribution in [0.2, 0.25) is 0 Å².